The van der Waals surface area contributed by atoms with Crippen molar-refractivity contribution in [1.29, 1.82) is 0 Å². The fraction of sp³-hybridized carbons (Fsp3) is 0.300. The maximum absolute atomic E-state index is 12.6. The Morgan fingerprint density at radius 3 is 2.47 bits per heavy atom. The summed E-state index contributed by atoms with van der Waals surface area (Å²) in [4.78, 5) is 36.0. The Labute approximate surface area is 183 Å². The van der Waals surface area contributed by atoms with Crippen LogP contribution in [0.1, 0.15) is 18.1 Å². The summed E-state index contributed by atoms with van der Waals surface area (Å²) in [6.07, 6.45) is 0.454. The van der Waals surface area contributed by atoms with Gasteiger partial charge in [0.1, 0.15) is 6.54 Å². The van der Waals surface area contributed by atoms with Gasteiger partial charge in [0.2, 0.25) is 0 Å². The summed E-state index contributed by atoms with van der Waals surface area (Å²) in [5.74, 6) is -0.540. The Morgan fingerprint density at radius 1 is 1.17 bits per heavy atom. The summed E-state index contributed by atoms with van der Waals surface area (Å²) in [5, 5.41) is 14.4. The van der Waals surface area contributed by atoms with Crippen molar-refractivity contribution in [2.24, 2.45) is 0 Å². The fourth-order valence-electron chi connectivity index (χ4n) is 2.65. The minimum atomic E-state index is -0.540. The number of hydrogen-bond acceptors (Lipinski definition) is 5. The molecule has 2 aromatic rings. The van der Waals surface area contributed by atoms with E-state index in [2.05, 4.69) is 5.32 Å². The number of esters is 1. The molecule has 0 atom stereocenters. The normalized spacial score (nSPS) is 10.4. The van der Waals surface area contributed by atoms with Crippen LogP contribution in [0, 0.1) is 10.1 Å². The van der Waals surface area contributed by atoms with Crippen molar-refractivity contribution < 1.29 is 19.2 Å². The SMILES string of the molecule is CCOC(=O)CNC(=O)N(CCc1ccc(Cl)cc1Cl)Cc1ccc([N+](=O)[O-])cc1. The zero-order chi connectivity index (χ0) is 22.1. The van der Waals surface area contributed by atoms with Crippen LogP contribution in [0.5, 0.6) is 0 Å². The molecular weight excluding hydrogens is 433 g/mol. The number of carbonyl (C=O) groups excluding carboxylic acids is 2. The molecular formula is C20H21Cl2N3O5. The zero-order valence-corrected chi connectivity index (χ0v) is 17.8. The van der Waals surface area contributed by atoms with E-state index >= 15 is 0 Å². The first-order chi connectivity index (χ1) is 14.3. The molecule has 8 nitrogen and oxygen atoms in total. The number of nitro benzene ring substituents is 1. The molecule has 30 heavy (non-hydrogen) atoms. The number of rotatable bonds is 9. The van der Waals surface area contributed by atoms with Gasteiger partial charge in [-0.15, -0.1) is 0 Å². The monoisotopic (exact) mass is 453 g/mol. The third-order valence-corrected chi connectivity index (χ3v) is 4.75. The average molecular weight is 454 g/mol. The molecule has 0 saturated carbocycles. The highest BCUT2D eigenvalue weighted by Gasteiger charge is 2.17. The first-order valence-electron chi connectivity index (χ1n) is 9.15. The maximum atomic E-state index is 12.6. The lowest BCUT2D eigenvalue weighted by atomic mass is 10.1. The number of ether oxygens (including phenoxy) is 1. The van der Waals surface area contributed by atoms with E-state index in [1.54, 1.807) is 37.3 Å². The standard InChI is InChI=1S/C20H21Cl2N3O5/c1-2-30-19(26)12-23-20(27)24(10-9-15-5-6-16(21)11-18(15)22)13-14-3-7-17(8-4-14)25(28)29/h3-8,11H,2,9-10,12-13H2,1H3,(H,23,27). The summed E-state index contributed by atoms with van der Waals surface area (Å²) >= 11 is 12.1. The Hall–Kier alpha value is -2.84. The number of urea groups is 1. The Morgan fingerprint density at radius 2 is 1.87 bits per heavy atom. The number of nitro groups is 1. The van der Waals surface area contributed by atoms with Gasteiger partial charge in [0.05, 0.1) is 11.5 Å². The second-order valence-electron chi connectivity index (χ2n) is 6.29. The third kappa shape index (κ3) is 7.20. The number of benzene rings is 2. The predicted molar refractivity (Wildman–Crippen MR) is 114 cm³/mol. The molecule has 2 rings (SSSR count). The Kier molecular flexibility index (Phi) is 8.89. The number of non-ortho nitro benzene ring substituents is 1. The Bertz CT molecular complexity index is 906. The van der Waals surface area contributed by atoms with Crippen molar-refractivity contribution in [3.05, 3.63) is 73.8 Å². The van der Waals surface area contributed by atoms with Crippen molar-refractivity contribution in [1.82, 2.24) is 10.2 Å². The Balaban J connectivity index is 2.10. The average Bonchev–Trinajstić information content (AvgIpc) is 2.71. The molecule has 0 saturated heterocycles. The van der Waals surface area contributed by atoms with Gasteiger partial charge in [0.15, 0.2) is 0 Å². The second kappa shape index (κ2) is 11.4. The maximum Gasteiger partial charge on any atom is 0.325 e. The van der Waals surface area contributed by atoms with Gasteiger partial charge in [-0.1, -0.05) is 41.4 Å². The van der Waals surface area contributed by atoms with E-state index in [1.165, 1.54) is 17.0 Å². The third-order valence-electron chi connectivity index (χ3n) is 4.16. The molecule has 1 N–H and O–H groups in total. The predicted octanol–water partition coefficient (Wildman–Crippen LogP) is 4.22. The first kappa shape index (κ1) is 23.4. The highest BCUT2D eigenvalue weighted by atomic mass is 35.5. The molecule has 0 heterocycles. The van der Waals surface area contributed by atoms with Crippen molar-refractivity contribution >= 4 is 40.9 Å². The van der Waals surface area contributed by atoms with Crippen LogP contribution in [0.3, 0.4) is 0 Å². The van der Waals surface area contributed by atoms with Crippen molar-refractivity contribution in [3.8, 4) is 0 Å². The van der Waals surface area contributed by atoms with E-state index in [-0.39, 0.29) is 25.4 Å². The lowest BCUT2D eigenvalue weighted by Crippen LogP contribution is -2.43. The molecule has 0 radical (unpaired) electrons. The first-order valence-corrected chi connectivity index (χ1v) is 9.91. The van der Waals surface area contributed by atoms with Gasteiger partial charge in [-0.05, 0) is 36.6 Å². The smallest absolute Gasteiger partial charge is 0.325 e. The largest absolute Gasteiger partial charge is 0.465 e. The molecule has 0 spiro atoms. The molecule has 0 unspecified atom stereocenters. The van der Waals surface area contributed by atoms with Gasteiger partial charge in [0.25, 0.3) is 5.69 Å². The van der Waals surface area contributed by atoms with E-state index in [4.69, 9.17) is 27.9 Å². The number of amides is 2. The quantitative estimate of drug-likeness (QED) is 0.347. The second-order valence-corrected chi connectivity index (χ2v) is 7.14. The molecule has 2 aromatic carbocycles. The molecule has 0 aliphatic heterocycles. The summed E-state index contributed by atoms with van der Waals surface area (Å²) < 4.78 is 4.82. The number of nitrogens with zero attached hydrogens (tertiary/aromatic N) is 2. The van der Waals surface area contributed by atoms with E-state index < -0.39 is 16.9 Å². The van der Waals surface area contributed by atoms with Crippen LogP contribution in [0.2, 0.25) is 10.0 Å². The highest BCUT2D eigenvalue weighted by molar-refractivity contribution is 6.35. The van der Waals surface area contributed by atoms with E-state index in [0.717, 1.165) is 5.56 Å². The molecule has 0 bridgehead atoms. The van der Waals surface area contributed by atoms with E-state index in [0.29, 0.717) is 28.6 Å². The molecule has 160 valence electrons. The van der Waals surface area contributed by atoms with Crippen LogP contribution >= 0.6 is 23.2 Å². The minimum Gasteiger partial charge on any atom is -0.465 e. The molecule has 0 aliphatic rings. The summed E-state index contributed by atoms with van der Waals surface area (Å²) in [6.45, 7) is 2.13. The van der Waals surface area contributed by atoms with Crippen LogP contribution in [-0.4, -0.2) is 41.5 Å². The minimum absolute atomic E-state index is 0.0370. The number of nitrogens with one attached hydrogen (secondary N) is 1. The lowest BCUT2D eigenvalue weighted by molar-refractivity contribution is -0.384. The van der Waals surface area contributed by atoms with Crippen LogP contribution in [-0.2, 0) is 22.5 Å². The van der Waals surface area contributed by atoms with Crippen LogP contribution < -0.4 is 5.32 Å². The van der Waals surface area contributed by atoms with Gasteiger partial charge in [-0.25, -0.2) is 4.79 Å². The van der Waals surface area contributed by atoms with Crippen molar-refractivity contribution in [2.45, 2.75) is 19.9 Å². The van der Waals surface area contributed by atoms with Crippen LogP contribution in [0.4, 0.5) is 10.5 Å². The highest BCUT2D eigenvalue weighted by Crippen LogP contribution is 2.22. The van der Waals surface area contributed by atoms with Gasteiger partial charge >= 0.3 is 12.0 Å². The summed E-state index contributed by atoms with van der Waals surface area (Å²) in [6, 6.07) is 10.6. The van der Waals surface area contributed by atoms with E-state index in [1.807, 2.05) is 0 Å². The van der Waals surface area contributed by atoms with Gasteiger partial charge in [0, 0.05) is 35.3 Å². The van der Waals surface area contributed by atoms with Crippen LogP contribution in [0.15, 0.2) is 42.5 Å². The van der Waals surface area contributed by atoms with Gasteiger partial charge < -0.3 is 15.0 Å². The van der Waals surface area contributed by atoms with Gasteiger partial charge in [-0.3, -0.25) is 14.9 Å². The number of hydrogen-bond donors (Lipinski definition) is 1. The molecule has 2 amide bonds. The van der Waals surface area contributed by atoms with E-state index in [9.17, 15) is 19.7 Å². The lowest BCUT2D eigenvalue weighted by Gasteiger charge is -2.23. The van der Waals surface area contributed by atoms with Crippen molar-refractivity contribution in [3.63, 3.8) is 0 Å². The zero-order valence-electron chi connectivity index (χ0n) is 16.3. The fourth-order valence-corrected chi connectivity index (χ4v) is 3.15. The summed E-state index contributed by atoms with van der Waals surface area (Å²) in [5.41, 5.74) is 1.48. The molecule has 0 aromatic heterocycles. The van der Waals surface area contributed by atoms with Gasteiger partial charge in [-0.2, -0.15) is 0 Å². The number of halogens is 2. The topological polar surface area (TPSA) is 102 Å². The van der Waals surface area contributed by atoms with Crippen molar-refractivity contribution in [2.75, 3.05) is 19.7 Å². The summed E-state index contributed by atoms with van der Waals surface area (Å²) in [7, 11) is 0. The molecule has 0 fully saturated rings. The number of carbonyl (C=O) groups is 2. The molecule has 10 heteroatoms. The molecule has 0 aliphatic carbocycles. The van der Waals surface area contributed by atoms with Crippen LogP contribution in [0.25, 0.3) is 0 Å².